The Morgan fingerprint density at radius 3 is 2.53 bits per heavy atom. The topological polar surface area (TPSA) is 96.4 Å². The molecule has 1 aliphatic carbocycles. The largest absolute Gasteiger partial charge is 0.480 e. The van der Waals surface area contributed by atoms with E-state index in [2.05, 4.69) is 9.71 Å². The molecule has 1 aromatic heterocycles. The van der Waals surface area contributed by atoms with Crippen LogP contribution in [-0.2, 0) is 14.8 Å². The molecule has 2 rings (SSSR count). The molecule has 1 aliphatic rings. The van der Waals surface area contributed by atoms with E-state index in [9.17, 15) is 22.7 Å². The van der Waals surface area contributed by atoms with Gasteiger partial charge in [-0.15, -0.1) is 0 Å². The zero-order valence-electron chi connectivity index (χ0n) is 9.97. The lowest BCUT2D eigenvalue weighted by molar-refractivity contribution is -0.143. The molecule has 1 saturated carbocycles. The molecule has 0 aliphatic heterocycles. The van der Waals surface area contributed by atoms with Crippen LogP contribution in [0.5, 0.6) is 0 Å². The molecule has 0 spiro atoms. The number of pyridine rings is 1. The Bertz CT molecular complexity index is 596. The van der Waals surface area contributed by atoms with Gasteiger partial charge in [0.2, 0.25) is 10.0 Å². The predicted molar refractivity (Wildman–Crippen MR) is 63.4 cm³/mol. The number of carboxylic acids is 1. The Labute approximate surface area is 109 Å². The first-order chi connectivity index (χ1) is 8.86. The van der Waals surface area contributed by atoms with Crippen molar-refractivity contribution in [1.29, 1.82) is 0 Å². The van der Waals surface area contributed by atoms with E-state index in [0.29, 0.717) is 12.8 Å². The van der Waals surface area contributed by atoms with Crippen molar-refractivity contribution in [3.63, 3.8) is 0 Å². The number of carboxylic acid groups (broad SMARTS) is 1. The second kappa shape index (κ2) is 4.86. The van der Waals surface area contributed by atoms with Gasteiger partial charge < -0.3 is 5.11 Å². The Balaban J connectivity index is 2.33. The molecule has 0 unspecified atom stereocenters. The number of carbonyl (C=O) groups is 1. The van der Waals surface area contributed by atoms with Crippen LogP contribution >= 0.6 is 0 Å². The van der Waals surface area contributed by atoms with Gasteiger partial charge in [-0.1, -0.05) is 12.8 Å². The van der Waals surface area contributed by atoms with Gasteiger partial charge in [0.1, 0.15) is 16.3 Å². The fraction of sp³-hybridized carbons (Fsp3) is 0.455. The molecular formula is C11H13FN2O4S. The number of halogens is 1. The van der Waals surface area contributed by atoms with E-state index in [1.807, 2.05) is 0 Å². The molecule has 0 atom stereocenters. The molecule has 2 N–H and O–H groups in total. The lowest BCUT2D eigenvalue weighted by atomic mass is 10.0. The van der Waals surface area contributed by atoms with Gasteiger partial charge in [0.05, 0.1) is 6.20 Å². The number of nitrogens with one attached hydrogen (secondary N) is 1. The fourth-order valence-corrected chi connectivity index (χ4v) is 3.58. The summed E-state index contributed by atoms with van der Waals surface area (Å²) >= 11 is 0. The summed E-state index contributed by atoms with van der Waals surface area (Å²) in [6.07, 6.45) is 3.58. The van der Waals surface area contributed by atoms with E-state index in [1.54, 1.807) is 0 Å². The van der Waals surface area contributed by atoms with Crippen LogP contribution in [0, 0.1) is 5.82 Å². The molecule has 0 radical (unpaired) electrons. The fourth-order valence-electron chi connectivity index (χ4n) is 2.19. The first-order valence-electron chi connectivity index (χ1n) is 5.74. The van der Waals surface area contributed by atoms with Crippen LogP contribution in [0.2, 0.25) is 0 Å². The zero-order valence-corrected chi connectivity index (χ0v) is 10.8. The molecule has 1 fully saturated rings. The third-order valence-corrected chi connectivity index (χ3v) is 4.69. The minimum absolute atomic E-state index is 0.226. The molecule has 1 heterocycles. The lowest BCUT2D eigenvalue weighted by Crippen LogP contribution is -2.52. The summed E-state index contributed by atoms with van der Waals surface area (Å²) in [5.41, 5.74) is -1.49. The molecule has 0 amide bonds. The Kier molecular flexibility index (Phi) is 3.55. The normalized spacial score (nSPS) is 18.4. The van der Waals surface area contributed by atoms with Gasteiger partial charge in [0.25, 0.3) is 0 Å². The van der Waals surface area contributed by atoms with E-state index in [4.69, 9.17) is 0 Å². The van der Waals surface area contributed by atoms with Crippen molar-refractivity contribution in [3.8, 4) is 0 Å². The zero-order chi connectivity index (χ0) is 14.1. The monoisotopic (exact) mass is 288 g/mol. The molecule has 0 bridgehead atoms. The summed E-state index contributed by atoms with van der Waals surface area (Å²) in [4.78, 5) is 14.4. The summed E-state index contributed by atoms with van der Waals surface area (Å²) in [6, 6.07) is 0.805. The molecular weight excluding hydrogens is 275 g/mol. The molecule has 0 aromatic carbocycles. The predicted octanol–water partition coefficient (Wildman–Crippen LogP) is 0.896. The molecule has 104 valence electrons. The highest BCUT2D eigenvalue weighted by molar-refractivity contribution is 7.89. The molecule has 19 heavy (non-hydrogen) atoms. The van der Waals surface area contributed by atoms with Gasteiger partial charge in [-0.3, -0.25) is 9.78 Å². The average molecular weight is 288 g/mol. The maximum Gasteiger partial charge on any atom is 0.324 e. The van der Waals surface area contributed by atoms with Crippen LogP contribution in [0.1, 0.15) is 25.7 Å². The Hall–Kier alpha value is -1.54. The van der Waals surface area contributed by atoms with Gasteiger partial charge in [-0.05, 0) is 18.9 Å². The van der Waals surface area contributed by atoms with E-state index < -0.39 is 27.3 Å². The van der Waals surface area contributed by atoms with Crippen molar-refractivity contribution in [2.75, 3.05) is 0 Å². The highest BCUT2D eigenvalue weighted by Gasteiger charge is 2.44. The average Bonchev–Trinajstić information content (AvgIpc) is 2.78. The quantitative estimate of drug-likeness (QED) is 0.858. The maximum atomic E-state index is 13.0. The number of hydrogen-bond donors (Lipinski definition) is 2. The van der Waals surface area contributed by atoms with Gasteiger partial charge in [-0.2, -0.15) is 4.72 Å². The Morgan fingerprint density at radius 1 is 1.37 bits per heavy atom. The second-order valence-electron chi connectivity index (χ2n) is 4.54. The van der Waals surface area contributed by atoms with E-state index in [0.717, 1.165) is 18.5 Å². The molecule has 1 aromatic rings. The Morgan fingerprint density at radius 2 is 2.00 bits per heavy atom. The van der Waals surface area contributed by atoms with Gasteiger partial charge >= 0.3 is 5.97 Å². The lowest BCUT2D eigenvalue weighted by Gasteiger charge is -2.24. The van der Waals surface area contributed by atoms with Crippen LogP contribution < -0.4 is 4.72 Å². The number of aliphatic carboxylic acids is 1. The van der Waals surface area contributed by atoms with Crippen molar-refractivity contribution in [3.05, 3.63) is 24.3 Å². The molecule has 0 saturated heterocycles. The van der Waals surface area contributed by atoms with Crippen LogP contribution in [0.25, 0.3) is 0 Å². The van der Waals surface area contributed by atoms with Crippen LogP contribution in [0.3, 0.4) is 0 Å². The van der Waals surface area contributed by atoms with Crippen molar-refractivity contribution in [2.24, 2.45) is 0 Å². The minimum atomic E-state index is -4.10. The summed E-state index contributed by atoms with van der Waals surface area (Å²) in [6.45, 7) is 0. The maximum absolute atomic E-state index is 13.0. The van der Waals surface area contributed by atoms with Crippen LogP contribution in [-0.4, -0.2) is 30.0 Å². The summed E-state index contributed by atoms with van der Waals surface area (Å²) in [5.74, 6) is -2.00. The van der Waals surface area contributed by atoms with Crippen LogP contribution in [0.15, 0.2) is 23.4 Å². The smallest absolute Gasteiger partial charge is 0.324 e. The molecule has 8 heteroatoms. The van der Waals surface area contributed by atoms with E-state index in [-0.39, 0.29) is 17.7 Å². The SMILES string of the molecule is O=C(O)C1(NS(=O)(=O)c2cncc(F)c2)CCCC1. The summed E-state index contributed by atoms with van der Waals surface area (Å²) in [5, 5.41) is 9.21. The number of hydrogen-bond acceptors (Lipinski definition) is 4. The highest BCUT2D eigenvalue weighted by Crippen LogP contribution is 2.31. The number of nitrogens with zero attached hydrogens (tertiary/aromatic N) is 1. The summed E-state index contributed by atoms with van der Waals surface area (Å²) < 4.78 is 39.3. The van der Waals surface area contributed by atoms with Gasteiger partial charge in [-0.25, -0.2) is 12.8 Å². The first kappa shape index (κ1) is 13.9. The number of rotatable bonds is 4. The van der Waals surface area contributed by atoms with E-state index in [1.165, 1.54) is 0 Å². The third kappa shape index (κ3) is 2.74. The first-order valence-corrected chi connectivity index (χ1v) is 7.22. The highest BCUT2D eigenvalue weighted by atomic mass is 32.2. The summed E-state index contributed by atoms with van der Waals surface area (Å²) in [7, 11) is -4.10. The van der Waals surface area contributed by atoms with Gasteiger partial charge in [0.15, 0.2) is 0 Å². The van der Waals surface area contributed by atoms with Crippen molar-refractivity contribution in [1.82, 2.24) is 9.71 Å². The number of aromatic nitrogens is 1. The number of sulfonamides is 1. The van der Waals surface area contributed by atoms with Crippen molar-refractivity contribution < 1.29 is 22.7 Å². The van der Waals surface area contributed by atoms with Crippen molar-refractivity contribution in [2.45, 2.75) is 36.1 Å². The van der Waals surface area contributed by atoms with Crippen LogP contribution in [0.4, 0.5) is 4.39 Å². The molecule has 6 nitrogen and oxygen atoms in total. The van der Waals surface area contributed by atoms with E-state index >= 15 is 0 Å². The van der Waals surface area contributed by atoms with Gasteiger partial charge in [0, 0.05) is 6.20 Å². The van der Waals surface area contributed by atoms with Crippen molar-refractivity contribution >= 4 is 16.0 Å². The standard InChI is InChI=1S/C11H13FN2O4S/c12-8-5-9(7-13-6-8)19(17,18)14-11(10(15)16)3-1-2-4-11/h5-7,14H,1-4H2,(H,15,16). The second-order valence-corrected chi connectivity index (χ2v) is 6.22. The third-order valence-electron chi connectivity index (χ3n) is 3.19. The minimum Gasteiger partial charge on any atom is -0.480 e.